The van der Waals surface area contributed by atoms with Crippen LogP contribution in [0.5, 0.6) is 0 Å². The number of carbonyl (C=O) groups is 2. The second-order valence-corrected chi connectivity index (χ2v) is 17.9. The summed E-state index contributed by atoms with van der Waals surface area (Å²) in [4.78, 5) is 24.4. The van der Waals surface area contributed by atoms with Gasteiger partial charge in [-0.15, -0.1) is 0 Å². The van der Waals surface area contributed by atoms with E-state index in [1.54, 1.807) is 0 Å². The maximum absolute atomic E-state index is 12.4. The minimum atomic E-state index is -0.669. The first kappa shape index (κ1) is 56.6. The maximum atomic E-state index is 12.4. The molecule has 0 rings (SSSR count). The molecule has 3 N–H and O–H groups in total. The van der Waals surface area contributed by atoms with Gasteiger partial charge in [0.05, 0.1) is 25.4 Å². The predicted molar refractivity (Wildman–Crippen MR) is 250 cm³/mol. The fourth-order valence-electron chi connectivity index (χ4n) is 8.05. The zero-order chi connectivity index (χ0) is 42.3. The SMILES string of the molecule is CCCCCCCCC/C=C\CCCCCCCC(=O)OCCCCCCCCCCCCCCCCC(=O)NC(CO)C(O)CCCCCCCCCCCCC. The molecule has 1 amide bonds. The molecule has 0 aliphatic carbocycles. The smallest absolute Gasteiger partial charge is 0.305 e. The molecule has 0 aliphatic heterocycles. The van der Waals surface area contributed by atoms with Gasteiger partial charge in [-0.3, -0.25) is 9.59 Å². The molecule has 0 heterocycles. The Morgan fingerprint density at radius 3 is 1.22 bits per heavy atom. The van der Waals surface area contributed by atoms with Gasteiger partial charge in [-0.05, 0) is 51.4 Å². The van der Waals surface area contributed by atoms with Crippen LogP contribution in [0.3, 0.4) is 0 Å². The lowest BCUT2D eigenvalue weighted by molar-refractivity contribution is -0.143. The summed E-state index contributed by atoms with van der Waals surface area (Å²) in [5.74, 6) is -0.0559. The van der Waals surface area contributed by atoms with Gasteiger partial charge in [-0.25, -0.2) is 0 Å². The minimum Gasteiger partial charge on any atom is -0.466 e. The number of carbonyl (C=O) groups excluding carboxylic acids is 2. The Morgan fingerprint density at radius 2 is 0.810 bits per heavy atom. The third-order valence-electron chi connectivity index (χ3n) is 12.1. The Bertz CT molecular complexity index is 863. The highest BCUT2D eigenvalue weighted by atomic mass is 16.5. The topological polar surface area (TPSA) is 95.9 Å². The number of nitrogens with one attached hydrogen (secondary N) is 1. The van der Waals surface area contributed by atoms with Gasteiger partial charge in [-0.1, -0.05) is 231 Å². The second-order valence-electron chi connectivity index (χ2n) is 17.9. The average Bonchev–Trinajstić information content (AvgIpc) is 3.22. The first-order chi connectivity index (χ1) is 28.5. The summed E-state index contributed by atoms with van der Waals surface area (Å²) < 4.78 is 5.46. The lowest BCUT2D eigenvalue weighted by Crippen LogP contribution is -2.45. The molecule has 0 spiro atoms. The van der Waals surface area contributed by atoms with Gasteiger partial charge < -0.3 is 20.3 Å². The van der Waals surface area contributed by atoms with Gasteiger partial charge in [0.15, 0.2) is 0 Å². The summed E-state index contributed by atoms with van der Waals surface area (Å²) in [5.41, 5.74) is 0. The van der Waals surface area contributed by atoms with Crippen LogP contribution in [0.25, 0.3) is 0 Å². The molecule has 58 heavy (non-hydrogen) atoms. The molecule has 6 heteroatoms. The van der Waals surface area contributed by atoms with Crippen LogP contribution in [0.15, 0.2) is 12.2 Å². The zero-order valence-corrected chi connectivity index (χ0v) is 39.0. The van der Waals surface area contributed by atoms with Gasteiger partial charge >= 0.3 is 5.97 Å². The highest BCUT2D eigenvalue weighted by Gasteiger charge is 2.20. The van der Waals surface area contributed by atoms with Crippen LogP contribution in [-0.2, 0) is 14.3 Å². The highest BCUT2D eigenvalue weighted by molar-refractivity contribution is 5.76. The van der Waals surface area contributed by atoms with Crippen LogP contribution in [0, 0.1) is 0 Å². The van der Waals surface area contributed by atoms with E-state index in [2.05, 4.69) is 31.3 Å². The Balaban J connectivity index is 3.42. The van der Waals surface area contributed by atoms with Crippen molar-refractivity contribution in [3.8, 4) is 0 Å². The first-order valence-electron chi connectivity index (χ1n) is 25.9. The number of esters is 1. The van der Waals surface area contributed by atoms with Gasteiger partial charge in [0.2, 0.25) is 5.91 Å². The molecule has 0 aromatic heterocycles. The molecular formula is C52H101NO5. The van der Waals surface area contributed by atoms with Crippen molar-refractivity contribution < 1.29 is 24.5 Å². The molecule has 0 fully saturated rings. The Kier molecular flexibility index (Phi) is 47.1. The van der Waals surface area contributed by atoms with Crippen molar-refractivity contribution in [2.45, 2.75) is 296 Å². The summed E-state index contributed by atoms with van der Waals surface area (Å²) in [6.45, 7) is 4.92. The molecule has 0 saturated carbocycles. The molecule has 0 bridgehead atoms. The van der Waals surface area contributed by atoms with Gasteiger partial charge in [0.25, 0.3) is 0 Å². The van der Waals surface area contributed by atoms with Crippen molar-refractivity contribution >= 4 is 11.9 Å². The second kappa shape index (κ2) is 48.3. The van der Waals surface area contributed by atoms with Crippen molar-refractivity contribution in [2.24, 2.45) is 0 Å². The number of amides is 1. The van der Waals surface area contributed by atoms with Crippen LogP contribution in [-0.4, -0.2) is 47.4 Å². The number of ether oxygens (including phenoxy) is 1. The van der Waals surface area contributed by atoms with Crippen LogP contribution in [0.2, 0.25) is 0 Å². The third-order valence-corrected chi connectivity index (χ3v) is 12.1. The van der Waals surface area contributed by atoms with E-state index in [1.165, 1.54) is 199 Å². The predicted octanol–water partition coefficient (Wildman–Crippen LogP) is 15.3. The quantitative estimate of drug-likeness (QED) is 0.0323. The normalized spacial score (nSPS) is 12.7. The summed E-state index contributed by atoms with van der Waals surface area (Å²) >= 11 is 0. The fourth-order valence-corrected chi connectivity index (χ4v) is 8.05. The molecule has 2 atom stereocenters. The Labute approximate surface area is 361 Å². The summed E-state index contributed by atoms with van der Waals surface area (Å²) in [6, 6.07) is -0.547. The lowest BCUT2D eigenvalue weighted by Gasteiger charge is -2.22. The molecule has 0 aliphatic rings. The number of hydrogen-bond donors (Lipinski definition) is 3. The monoisotopic (exact) mass is 820 g/mol. The Morgan fingerprint density at radius 1 is 0.466 bits per heavy atom. The number of hydrogen-bond acceptors (Lipinski definition) is 5. The average molecular weight is 820 g/mol. The molecule has 344 valence electrons. The van der Waals surface area contributed by atoms with E-state index in [1.807, 2.05) is 0 Å². The van der Waals surface area contributed by atoms with Crippen molar-refractivity contribution in [3.05, 3.63) is 12.2 Å². The van der Waals surface area contributed by atoms with E-state index >= 15 is 0 Å². The van der Waals surface area contributed by atoms with Crippen molar-refractivity contribution in [3.63, 3.8) is 0 Å². The van der Waals surface area contributed by atoms with Crippen molar-refractivity contribution in [2.75, 3.05) is 13.2 Å². The number of unbranched alkanes of at least 4 members (excludes halogenated alkanes) is 35. The molecule has 0 aromatic rings. The van der Waals surface area contributed by atoms with Crippen molar-refractivity contribution in [1.82, 2.24) is 5.32 Å². The summed E-state index contributed by atoms with van der Waals surface area (Å²) in [7, 11) is 0. The first-order valence-corrected chi connectivity index (χ1v) is 25.9. The summed E-state index contributed by atoms with van der Waals surface area (Å²) in [5, 5.41) is 23.1. The fraction of sp³-hybridized carbons (Fsp3) is 0.923. The third kappa shape index (κ3) is 44.2. The van der Waals surface area contributed by atoms with Gasteiger partial charge in [0, 0.05) is 12.8 Å². The molecule has 6 nitrogen and oxygen atoms in total. The van der Waals surface area contributed by atoms with Crippen LogP contribution < -0.4 is 5.32 Å². The van der Waals surface area contributed by atoms with E-state index in [-0.39, 0.29) is 18.5 Å². The molecule has 0 saturated heterocycles. The standard InChI is InChI=1S/C52H101NO5/c1-3-5-7-9-11-13-15-16-17-18-22-26-30-34-38-42-46-52(57)58-47-43-39-35-31-27-23-20-19-21-25-29-33-37-41-45-51(56)53-49(48-54)50(55)44-40-36-32-28-24-14-12-10-8-6-4-2/h17-18,49-50,54-55H,3-16,19-48H2,1-2H3,(H,53,56)/b18-17-. The van der Waals surface area contributed by atoms with Crippen LogP contribution in [0.4, 0.5) is 0 Å². The highest BCUT2D eigenvalue weighted by Crippen LogP contribution is 2.16. The van der Waals surface area contributed by atoms with Crippen LogP contribution >= 0.6 is 0 Å². The van der Waals surface area contributed by atoms with Crippen LogP contribution in [0.1, 0.15) is 284 Å². The molecular weight excluding hydrogens is 719 g/mol. The largest absolute Gasteiger partial charge is 0.466 e. The number of aliphatic hydroxyl groups excluding tert-OH is 2. The van der Waals surface area contributed by atoms with E-state index in [4.69, 9.17) is 4.74 Å². The molecule has 0 aromatic carbocycles. The van der Waals surface area contributed by atoms with E-state index in [0.29, 0.717) is 25.9 Å². The van der Waals surface area contributed by atoms with E-state index in [9.17, 15) is 19.8 Å². The molecule has 0 radical (unpaired) electrons. The number of allylic oxidation sites excluding steroid dienone is 2. The maximum Gasteiger partial charge on any atom is 0.305 e. The van der Waals surface area contributed by atoms with E-state index < -0.39 is 12.1 Å². The lowest BCUT2D eigenvalue weighted by atomic mass is 10.0. The van der Waals surface area contributed by atoms with Crippen molar-refractivity contribution in [1.29, 1.82) is 0 Å². The Hall–Kier alpha value is -1.40. The van der Waals surface area contributed by atoms with E-state index in [0.717, 1.165) is 51.4 Å². The van der Waals surface area contributed by atoms with Gasteiger partial charge in [-0.2, -0.15) is 0 Å². The minimum absolute atomic E-state index is 0.00951. The number of aliphatic hydroxyl groups is 2. The zero-order valence-electron chi connectivity index (χ0n) is 39.0. The summed E-state index contributed by atoms with van der Waals surface area (Å²) in [6.07, 6.45) is 54.6. The number of rotatable bonds is 48. The van der Waals surface area contributed by atoms with Gasteiger partial charge in [0.1, 0.15) is 0 Å². The molecule has 2 unspecified atom stereocenters.